The van der Waals surface area contributed by atoms with Gasteiger partial charge in [0.25, 0.3) is 0 Å². The summed E-state index contributed by atoms with van der Waals surface area (Å²) in [5.41, 5.74) is 3.81. The van der Waals surface area contributed by atoms with E-state index in [9.17, 15) is 8.78 Å². The van der Waals surface area contributed by atoms with Crippen LogP contribution in [0.5, 0.6) is 0 Å². The van der Waals surface area contributed by atoms with Crippen molar-refractivity contribution >= 4 is 0 Å². The molecule has 1 fully saturated rings. The van der Waals surface area contributed by atoms with Crippen molar-refractivity contribution in [2.45, 2.75) is 76.8 Å². The van der Waals surface area contributed by atoms with Gasteiger partial charge in [0.15, 0.2) is 0 Å². The Morgan fingerprint density at radius 2 is 1.63 bits per heavy atom. The van der Waals surface area contributed by atoms with Crippen LogP contribution in [0.2, 0.25) is 0 Å². The van der Waals surface area contributed by atoms with Crippen molar-refractivity contribution in [3.8, 4) is 6.07 Å². The first-order chi connectivity index (χ1) is 14.4. The molecule has 0 N–H and O–H groups in total. The summed E-state index contributed by atoms with van der Waals surface area (Å²) in [5, 5.41) is 7.32. The lowest BCUT2D eigenvalue weighted by atomic mass is 9.82. The van der Waals surface area contributed by atoms with E-state index in [0.717, 1.165) is 31.4 Å². The van der Waals surface area contributed by atoms with Crippen LogP contribution in [-0.4, -0.2) is 30.3 Å². The topological polar surface area (TPSA) is 27.0 Å². The van der Waals surface area contributed by atoms with Gasteiger partial charge in [-0.2, -0.15) is 5.26 Å². The first kappa shape index (κ1) is 24.0. The molecule has 0 spiro atoms. The maximum absolute atomic E-state index is 13.7. The Balaban J connectivity index is 0.00000101. The maximum Gasteiger partial charge on any atom is 0.132 e. The van der Waals surface area contributed by atoms with Gasteiger partial charge in [0, 0.05) is 19.5 Å². The number of nitriles is 1. The third-order valence-electron chi connectivity index (χ3n) is 6.02. The molecule has 0 radical (unpaired) electrons. The summed E-state index contributed by atoms with van der Waals surface area (Å²) in [6.07, 6.45) is 0.980. The number of halogens is 2. The Labute approximate surface area is 180 Å². The second-order valence-corrected chi connectivity index (χ2v) is 8.30. The maximum atomic E-state index is 13.7. The Hall–Kier alpha value is -2.25. The van der Waals surface area contributed by atoms with Crippen LogP contribution in [0.3, 0.4) is 0 Å². The second kappa shape index (κ2) is 12.4. The third kappa shape index (κ3) is 7.54. The van der Waals surface area contributed by atoms with Gasteiger partial charge >= 0.3 is 0 Å². The average Bonchev–Trinajstić information content (AvgIpc) is 2.75. The zero-order valence-corrected chi connectivity index (χ0v) is 18.4. The Morgan fingerprint density at radius 3 is 2.23 bits per heavy atom. The van der Waals surface area contributed by atoms with Crippen molar-refractivity contribution in [2.24, 2.45) is 0 Å². The molecule has 1 saturated carbocycles. The molecule has 4 heteroatoms. The third-order valence-corrected chi connectivity index (χ3v) is 6.02. The molecule has 0 aromatic heterocycles. The van der Waals surface area contributed by atoms with Crippen LogP contribution in [0.15, 0.2) is 54.6 Å². The zero-order chi connectivity index (χ0) is 21.9. The molecule has 0 bridgehead atoms. The van der Waals surface area contributed by atoms with Crippen molar-refractivity contribution in [1.29, 1.82) is 5.26 Å². The lowest BCUT2D eigenvalue weighted by Crippen LogP contribution is -2.29. The van der Waals surface area contributed by atoms with Gasteiger partial charge in [0.2, 0.25) is 0 Å². The summed E-state index contributed by atoms with van der Waals surface area (Å²) in [5.74, 6) is 0.164. The minimum atomic E-state index is -1.30. The van der Waals surface area contributed by atoms with E-state index in [4.69, 9.17) is 5.26 Å². The highest BCUT2D eigenvalue weighted by atomic mass is 19.2. The molecule has 2 aromatic carbocycles. The molecule has 1 aliphatic rings. The molecule has 4 atom stereocenters. The predicted octanol–water partition coefficient (Wildman–Crippen LogP) is 6.61. The largest absolute Gasteiger partial charge is 0.299 e. The van der Waals surface area contributed by atoms with Crippen molar-refractivity contribution in [3.63, 3.8) is 0 Å². The Morgan fingerprint density at radius 1 is 1.00 bits per heavy atom. The number of nitrogens with zero attached hydrogens (tertiary/aromatic N) is 2. The Kier molecular flexibility index (Phi) is 9.97. The lowest BCUT2D eigenvalue weighted by molar-refractivity contribution is 0.108. The molecule has 30 heavy (non-hydrogen) atoms. The van der Waals surface area contributed by atoms with E-state index in [-0.39, 0.29) is 5.92 Å². The van der Waals surface area contributed by atoms with Crippen molar-refractivity contribution < 1.29 is 8.78 Å². The molecule has 3 rings (SSSR count). The number of alkyl halides is 2. The highest BCUT2D eigenvalue weighted by Crippen LogP contribution is 2.35. The number of rotatable bonds is 7. The van der Waals surface area contributed by atoms with Gasteiger partial charge in [-0.05, 0) is 68.7 Å². The summed E-state index contributed by atoms with van der Waals surface area (Å²) in [6.45, 7) is 4.66. The molecule has 0 saturated heterocycles. The lowest BCUT2D eigenvalue weighted by Gasteiger charge is -2.28. The molecular weight excluding hydrogens is 378 g/mol. The van der Waals surface area contributed by atoms with Crippen molar-refractivity contribution in [2.75, 3.05) is 7.05 Å². The standard InChI is InChI=1S/C24H31F2N.C2H3N/c1-18(27(2)17-20-6-4-3-5-7-20)8-9-19-10-12-21(13-11-19)22-14-15-23(25)24(26)16-22;1-2-3/h3-7,10-13,18,22-24H,8-9,14-17H2,1-2H3;1H3. The average molecular weight is 413 g/mol. The summed E-state index contributed by atoms with van der Waals surface area (Å²) >= 11 is 0. The minimum absolute atomic E-state index is 0.164. The van der Waals surface area contributed by atoms with Crippen molar-refractivity contribution in [1.82, 2.24) is 4.90 Å². The van der Waals surface area contributed by atoms with Gasteiger partial charge in [0.05, 0.1) is 6.07 Å². The van der Waals surface area contributed by atoms with Gasteiger partial charge in [-0.15, -0.1) is 0 Å². The number of hydrogen-bond donors (Lipinski definition) is 0. The zero-order valence-electron chi connectivity index (χ0n) is 18.4. The molecule has 2 aromatic rings. The fourth-order valence-electron chi connectivity index (χ4n) is 3.96. The molecule has 0 amide bonds. The van der Waals surface area contributed by atoms with Gasteiger partial charge in [0.1, 0.15) is 12.3 Å². The summed E-state index contributed by atoms with van der Waals surface area (Å²) in [4.78, 5) is 2.39. The summed E-state index contributed by atoms with van der Waals surface area (Å²) < 4.78 is 27.0. The molecule has 0 heterocycles. The molecular formula is C26H34F2N2. The SMILES string of the molecule is CC#N.CC(CCc1ccc(C2CCC(F)C(F)C2)cc1)N(C)Cc1ccccc1. The van der Waals surface area contributed by atoms with E-state index in [1.165, 1.54) is 18.1 Å². The van der Waals surface area contributed by atoms with Crippen molar-refractivity contribution in [3.05, 3.63) is 71.3 Å². The predicted molar refractivity (Wildman–Crippen MR) is 120 cm³/mol. The van der Waals surface area contributed by atoms with E-state index in [2.05, 4.69) is 67.4 Å². The molecule has 0 aliphatic heterocycles. The smallest absolute Gasteiger partial charge is 0.132 e. The highest BCUT2D eigenvalue weighted by molar-refractivity contribution is 5.26. The monoisotopic (exact) mass is 412 g/mol. The van der Waals surface area contributed by atoms with Gasteiger partial charge in [-0.1, -0.05) is 54.6 Å². The Bertz CT molecular complexity index is 770. The van der Waals surface area contributed by atoms with Crippen LogP contribution < -0.4 is 0 Å². The van der Waals surface area contributed by atoms with Gasteiger partial charge in [-0.25, -0.2) is 8.78 Å². The number of benzene rings is 2. The van der Waals surface area contributed by atoms with Crippen LogP contribution in [0.25, 0.3) is 0 Å². The molecule has 162 valence electrons. The van der Waals surface area contributed by atoms with Gasteiger partial charge in [-0.3, -0.25) is 4.90 Å². The summed E-state index contributed by atoms with van der Waals surface area (Å²) in [6, 6.07) is 21.3. The van der Waals surface area contributed by atoms with Crippen LogP contribution in [-0.2, 0) is 13.0 Å². The molecule has 4 unspecified atom stereocenters. The van der Waals surface area contributed by atoms with E-state index in [1.54, 1.807) is 6.07 Å². The number of aryl methyl sites for hydroxylation is 1. The first-order valence-corrected chi connectivity index (χ1v) is 10.9. The summed E-state index contributed by atoms with van der Waals surface area (Å²) in [7, 11) is 2.18. The van der Waals surface area contributed by atoms with Gasteiger partial charge < -0.3 is 0 Å². The van der Waals surface area contributed by atoms with E-state index in [0.29, 0.717) is 18.9 Å². The molecule has 1 aliphatic carbocycles. The normalized spacial score (nSPS) is 22.0. The quantitative estimate of drug-likeness (QED) is 0.511. The highest BCUT2D eigenvalue weighted by Gasteiger charge is 2.31. The first-order valence-electron chi connectivity index (χ1n) is 10.9. The molecule has 2 nitrogen and oxygen atoms in total. The fraction of sp³-hybridized carbons (Fsp3) is 0.500. The van der Waals surface area contributed by atoms with Crippen LogP contribution in [0, 0.1) is 11.3 Å². The van der Waals surface area contributed by atoms with E-state index >= 15 is 0 Å². The van der Waals surface area contributed by atoms with E-state index < -0.39 is 12.3 Å². The second-order valence-electron chi connectivity index (χ2n) is 8.30. The van der Waals surface area contributed by atoms with Crippen LogP contribution in [0.4, 0.5) is 8.78 Å². The van der Waals surface area contributed by atoms with Crippen LogP contribution in [0.1, 0.15) is 62.1 Å². The fourth-order valence-corrected chi connectivity index (χ4v) is 3.96. The van der Waals surface area contributed by atoms with Crippen LogP contribution >= 0.6 is 0 Å². The minimum Gasteiger partial charge on any atom is -0.299 e. The number of hydrogen-bond acceptors (Lipinski definition) is 2. The van der Waals surface area contributed by atoms with E-state index in [1.807, 2.05) is 6.07 Å².